The zero-order valence-electron chi connectivity index (χ0n) is 14.6. The third-order valence-corrected chi connectivity index (χ3v) is 5.72. The fourth-order valence-corrected chi connectivity index (χ4v) is 4.55. The van der Waals surface area contributed by atoms with Gasteiger partial charge in [0.25, 0.3) is 0 Å². The number of fused-ring (bicyclic) bond motifs is 4. The lowest BCUT2D eigenvalue weighted by Gasteiger charge is -2.45. The van der Waals surface area contributed by atoms with Gasteiger partial charge < -0.3 is 14.6 Å². The van der Waals surface area contributed by atoms with Gasteiger partial charge in [-0.05, 0) is 62.9 Å². The molecule has 0 aliphatic carbocycles. The van der Waals surface area contributed by atoms with Gasteiger partial charge in [-0.2, -0.15) is 0 Å². The Morgan fingerprint density at radius 2 is 2.12 bits per heavy atom. The molecule has 24 heavy (non-hydrogen) atoms. The number of hydrogen-bond acceptors (Lipinski definition) is 3. The van der Waals surface area contributed by atoms with Crippen molar-refractivity contribution in [3.63, 3.8) is 0 Å². The van der Waals surface area contributed by atoms with Gasteiger partial charge in [0.1, 0.15) is 5.75 Å². The first-order valence-corrected chi connectivity index (χ1v) is 9.21. The van der Waals surface area contributed by atoms with Gasteiger partial charge in [-0.15, -0.1) is 0 Å². The van der Waals surface area contributed by atoms with Crippen LogP contribution in [0.25, 0.3) is 10.9 Å². The summed E-state index contributed by atoms with van der Waals surface area (Å²) < 4.78 is 5.44. The minimum atomic E-state index is -0.155. The number of aromatic amines is 1. The smallest absolute Gasteiger partial charge is 0.311 e. The monoisotopic (exact) mass is 326 g/mol. The van der Waals surface area contributed by atoms with Gasteiger partial charge in [0.2, 0.25) is 0 Å². The van der Waals surface area contributed by atoms with Crippen molar-refractivity contribution in [2.45, 2.75) is 45.4 Å². The van der Waals surface area contributed by atoms with E-state index in [9.17, 15) is 4.79 Å². The Bertz CT molecular complexity index is 756. The largest absolute Gasteiger partial charge is 0.426 e. The molecule has 0 amide bonds. The number of ether oxygens (including phenoxy) is 1. The zero-order chi connectivity index (χ0) is 16.7. The van der Waals surface area contributed by atoms with Crippen molar-refractivity contribution in [3.8, 4) is 5.75 Å². The third kappa shape index (κ3) is 2.73. The summed E-state index contributed by atoms with van der Waals surface area (Å²) in [5.41, 5.74) is 3.83. The molecule has 2 bridgehead atoms. The molecule has 0 radical (unpaired) electrons. The van der Waals surface area contributed by atoms with Crippen molar-refractivity contribution >= 4 is 16.9 Å². The summed E-state index contributed by atoms with van der Waals surface area (Å²) in [7, 11) is 0. The lowest BCUT2D eigenvalue weighted by atomic mass is 9.75. The highest BCUT2D eigenvalue weighted by Crippen LogP contribution is 2.43. The molecule has 1 aromatic carbocycles. The molecule has 3 aliphatic heterocycles. The van der Waals surface area contributed by atoms with Gasteiger partial charge in [-0.1, -0.05) is 6.92 Å². The second-order valence-electron chi connectivity index (χ2n) is 7.34. The van der Waals surface area contributed by atoms with E-state index in [0.29, 0.717) is 18.1 Å². The minimum Gasteiger partial charge on any atom is -0.426 e. The quantitative estimate of drug-likeness (QED) is 0.682. The highest BCUT2D eigenvalue weighted by atomic mass is 16.5. The topological polar surface area (TPSA) is 45.3 Å². The maximum Gasteiger partial charge on any atom is 0.311 e. The molecule has 3 fully saturated rings. The fraction of sp³-hybridized carbons (Fsp3) is 0.550. The molecular weight excluding hydrogens is 300 g/mol. The number of rotatable bonds is 4. The first kappa shape index (κ1) is 15.7. The molecule has 1 atom stereocenters. The standard InChI is InChI=1S/C20H26N2O2/c1-3-4-19(23)24-15-5-6-16-18(11-15)21-13(2)20(16)17-12-22-9-7-14(17)8-10-22/h5-6,11,14,17,21H,3-4,7-10,12H2,1-2H3. The van der Waals surface area contributed by atoms with Crippen molar-refractivity contribution in [3.05, 3.63) is 29.5 Å². The predicted octanol–water partition coefficient (Wildman–Crippen LogP) is 3.99. The Morgan fingerprint density at radius 3 is 2.79 bits per heavy atom. The van der Waals surface area contributed by atoms with Gasteiger partial charge in [0, 0.05) is 41.5 Å². The number of H-pyrrole nitrogens is 1. The highest BCUT2D eigenvalue weighted by Gasteiger charge is 2.36. The minimum absolute atomic E-state index is 0.155. The predicted molar refractivity (Wildman–Crippen MR) is 95.5 cm³/mol. The SMILES string of the molecule is CCCC(=O)Oc1ccc2c(C3CN4CCC3CC4)c(C)[nH]c2c1. The van der Waals surface area contributed by atoms with Crippen LogP contribution in [0, 0.1) is 12.8 Å². The molecule has 4 heterocycles. The lowest BCUT2D eigenvalue weighted by molar-refractivity contribution is -0.134. The molecule has 2 aromatic rings. The van der Waals surface area contributed by atoms with Crippen LogP contribution in [0.2, 0.25) is 0 Å². The summed E-state index contributed by atoms with van der Waals surface area (Å²) in [6.45, 7) is 7.88. The molecule has 1 N–H and O–H groups in total. The number of aromatic nitrogens is 1. The molecule has 0 saturated carbocycles. The van der Waals surface area contributed by atoms with Crippen molar-refractivity contribution in [1.82, 2.24) is 9.88 Å². The molecule has 0 spiro atoms. The molecule has 5 rings (SSSR count). The van der Waals surface area contributed by atoms with Crippen LogP contribution >= 0.6 is 0 Å². The van der Waals surface area contributed by atoms with Crippen molar-refractivity contribution < 1.29 is 9.53 Å². The Hall–Kier alpha value is -1.81. The van der Waals surface area contributed by atoms with E-state index in [1.54, 1.807) is 0 Å². The molecule has 4 nitrogen and oxygen atoms in total. The average molecular weight is 326 g/mol. The number of aryl methyl sites for hydroxylation is 1. The summed E-state index contributed by atoms with van der Waals surface area (Å²) in [6, 6.07) is 6.04. The van der Waals surface area contributed by atoms with Gasteiger partial charge in [0.15, 0.2) is 0 Å². The van der Waals surface area contributed by atoms with E-state index in [1.807, 2.05) is 19.1 Å². The number of nitrogens with zero attached hydrogens (tertiary/aromatic N) is 1. The number of nitrogens with one attached hydrogen (secondary N) is 1. The summed E-state index contributed by atoms with van der Waals surface area (Å²) in [4.78, 5) is 17.8. The van der Waals surface area contributed by atoms with Gasteiger partial charge in [-0.25, -0.2) is 0 Å². The van der Waals surface area contributed by atoms with Crippen LogP contribution in [-0.4, -0.2) is 35.5 Å². The van der Waals surface area contributed by atoms with E-state index >= 15 is 0 Å². The molecule has 3 saturated heterocycles. The Kier molecular flexibility index (Phi) is 4.09. The van der Waals surface area contributed by atoms with Crippen molar-refractivity contribution in [1.29, 1.82) is 0 Å². The average Bonchev–Trinajstić information content (AvgIpc) is 2.91. The molecule has 3 aliphatic rings. The normalized spacial score (nSPS) is 26.0. The lowest BCUT2D eigenvalue weighted by Crippen LogP contribution is -2.46. The summed E-state index contributed by atoms with van der Waals surface area (Å²) >= 11 is 0. The summed E-state index contributed by atoms with van der Waals surface area (Å²) in [6.07, 6.45) is 3.92. The van der Waals surface area contributed by atoms with Crippen molar-refractivity contribution in [2.75, 3.05) is 19.6 Å². The van der Waals surface area contributed by atoms with E-state index in [0.717, 1.165) is 17.9 Å². The van der Waals surface area contributed by atoms with Crippen LogP contribution in [0.5, 0.6) is 5.75 Å². The van der Waals surface area contributed by atoms with Crippen LogP contribution in [0.3, 0.4) is 0 Å². The molecular formula is C20H26N2O2. The van der Waals surface area contributed by atoms with E-state index in [1.165, 1.54) is 49.1 Å². The number of esters is 1. The van der Waals surface area contributed by atoms with E-state index in [2.05, 4.69) is 22.9 Å². The Labute approximate surface area is 143 Å². The third-order valence-electron chi connectivity index (χ3n) is 5.72. The van der Waals surface area contributed by atoms with E-state index in [-0.39, 0.29) is 5.97 Å². The molecule has 128 valence electrons. The number of carbonyl (C=O) groups is 1. The second kappa shape index (κ2) is 6.25. The first-order chi connectivity index (χ1) is 11.7. The van der Waals surface area contributed by atoms with E-state index < -0.39 is 0 Å². The Balaban J connectivity index is 1.65. The second-order valence-corrected chi connectivity index (χ2v) is 7.34. The van der Waals surface area contributed by atoms with Crippen LogP contribution < -0.4 is 4.74 Å². The number of piperidine rings is 3. The van der Waals surface area contributed by atoms with Crippen molar-refractivity contribution in [2.24, 2.45) is 5.92 Å². The van der Waals surface area contributed by atoms with Crippen LogP contribution in [0.1, 0.15) is 49.8 Å². The zero-order valence-corrected chi connectivity index (χ0v) is 14.6. The highest BCUT2D eigenvalue weighted by molar-refractivity contribution is 5.87. The number of benzene rings is 1. The molecule has 1 aromatic heterocycles. The van der Waals surface area contributed by atoms with Crippen LogP contribution in [-0.2, 0) is 4.79 Å². The number of carbonyl (C=O) groups excluding carboxylic acids is 1. The number of hydrogen-bond donors (Lipinski definition) is 1. The molecule has 1 unspecified atom stereocenters. The van der Waals surface area contributed by atoms with E-state index in [4.69, 9.17) is 4.74 Å². The maximum atomic E-state index is 11.7. The van der Waals surface area contributed by atoms with Crippen LogP contribution in [0.15, 0.2) is 18.2 Å². The maximum absolute atomic E-state index is 11.7. The van der Waals surface area contributed by atoms with Crippen LogP contribution in [0.4, 0.5) is 0 Å². The molecule has 4 heteroatoms. The Morgan fingerprint density at radius 1 is 1.33 bits per heavy atom. The van der Waals surface area contributed by atoms with Gasteiger partial charge >= 0.3 is 5.97 Å². The van der Waals surface area contributed by atoms with Gasteiger partial charge in [0.05, 0.1) is 0 Å². The first-order valence-electron chi connectivity index (χ1n) is 9.21. The summed E-state index contributed by atoms with van der Waals surface area (Å²) in [5, 5.41) is 1.29. The summed E-state index contributed by atoms with van der Waals surface area (Å²) in [5.74, 6) is 1.94. The fourth-order valence-electron chi connectivity index (χ4n) is 4.55. The van der Waals surface area contributed by atoms with Gasteiger partial charge in [-0.3, -0.25) is 4.79 Å².